The molecule has 19 heavy (non-hydrogen) atoms. The summed E-state index contributed by atoms with van der Waals surface area (Å²) in [6, 6.07) is 6.36. The van der Waals surface area contributed by atoms with Crippen molar-refractivity contribution in [2.24, 2.45) is 5.73 Å². The molecule has 0 spiro atoms. The summed E-state index contributed by atoms with van der Waals surface area (Å²) in [7, 11) is -3.49. The van der Waals surface area contributed by atoms with Gasteiger partial charge >= 0.3 is 0 Å². The molecular formula is C13H22N2O3S. The number of hydrogen-bond acceptors (Lipinski definition) is 4. The zero-order chi connectivity index (χ0) is 14.5. The van der Waals surface area contributed by atoms with E-state index in [2.05, 4.69) is 4.72 Å². The first kappa shape index (κ1) is 15.9. The van der Waals surface area contributed by atoms with Crippen molar-refractivity contribution in [3.63, 3.8) is 0 Å². The van der Waals surface area contributed by atoms with Crippen LogP contribution in [0.1, 0.15) is 27.2 Å². The van der Waals surface area contributed by atoms with E-state index >= 15 is 0 Å². The number of sulfonamides is 1. The van der Waals surface area contributed by atoms with Crippen LogP contribution in [0.25, 0.3) is 0 Å². The molecule has 0 aliphatic rings. The zero-order valence-corrected chi connectivity index (χ0v) is 12.5. The molecule has 0 aliphatic carbocycles. The molecule has 0 amide bonds. The molecule has 0 atom stereocenters. The van der Waals surface area contributed by atoms with Crippen LogP contribution in [0.3, 0.4) is 0 Å². The topological polar surface area (TPSA) is 81.4 Å². The number of nitrogens with two attached hydrogens (primary N) is 1. The molecule has 1 aromatic carbocycles. The average Bonchev–Trinajstić information content (AvgIpc) is 2.27. The van der Waals surface area contributed by atoms with Crippen molar-refractivity contribution in [1.29, 1.82) is 0 Å². The van der Waals surface area contributed by atoms with Gasteiger partial charge in [0.1, 0.15) is 5.75 Å². The molecule has 0 saturated carbocycles. The lowest BCUT2D eigenvalue weighted by atomic mass is 10.1. The Balaban J connectivity index is 2.75. The summed E-state index contributed by atoms with van der Waals surface area (Å²) in [5, 5.41) is 0. The van der Waals surface area contributed by atoms with Gasteiger partial charge in [0.25, 0.3) is 0 Å². The van der Waals surface area contributed by atoms with Gasteiger partial charge in [-0.25, -0.2) is 13.1 Å². The summed E-state index contributed by atoms with van der Waals surface area (Å²) in [5.41, 5.74) is 4.86. The second-order valence-corrected chi connectivity index (χ2v) is 7.00. The number of hydrogen-bond donors (Lipinski definition) is 2. The highest BCUT2D eigenvalue weighted by atomic mass is 32.2. The SMILES string of the molecule is CC(C)(C)NS(=O)(=O)c1ccc(OCCCN)cc1. The van der Waals surface area contributed by atoms with Gasteiger partial charge < -0.3 is 10.5 Å². The molecule has 0 bridgehead atoms. The number of rotatable bonds is 6. The molecule has 0 radical (unpaired) electrons. The molecule has 108 valence electrons. The first-order valence-electron chi connectivity index (χ1n) is 6.21. The fourth-order valence-electron chi connectivity index (χ4n) is 1.45. The zero-order valence-electron chi connectivity index (χ0n) is 11.6. The van der Waals surface area contributed by atoms with Crippen LogP contribution in [-0.4, -0.2) is 27.1 Å². The maximum Gasteiger partial charge on any atom is 0.241 e. The van der Waals surface area contributed by atoms with Crippen molar-refractivity contribution in [2.45, 2.75) is 37.6 Å². The van der Waals surface area contributed by atoms with Crippen LogP contribution >= 0.6 is 0 Å². The monoisotopic (exact) mass is 286 g/mol. The Bertz CT molecular complexity index is 490. The van der Waals surface area contributed by atoms with E-state index in [-0.39, 0.29) is 4.90 Å². The summed E-state index contributed by atoms with van der Waals surface area (Å²) in [5.74, 6) is 0.642. The van der Waals surface area contributed by atoms with Crippen molar-refractivity contribution in [3.05, 3.63) is 24.3 Å². The minimum absolute atomic E-state index is 0.230. The van der Waals surface area contributed by atoms with Gasteiger partial charge in [0.15, 0.2) is 0 Å². The Morgan fingerprint density at radius 2 is 1.79 bits per heavy atom. The predicted molar refractivity (Wildman–Crippen MR) is 75.7 cm³/mol. The average molecular weight is 286 g/mol. The first-order valence-corrected chi connectivity index (χ1v) is 7.70. The highest BCUT2D eigenvalue weighted by Gasteiger charge is 2.21. The molecule has 3 N–H and O–H groups in total. The first-order chi connectivity index (χ1) is 8.74. The number of benzene rings is 1. The Morgan fingerprint density at radius 3 is 2.26 bits per heavy atom. The van der Waals surface area contributed by atoms with Crippen LogP contribution in [0.15, 0.2) is 29.2 Å². The van der Waals surface area contributed by atoms with Crippen LogP contribution in [-0.2, 0) is 10.0 Å². The van der Waals surface area contributed by atoms with Crippen LogP contribution in [0.5, 0.6) is 5.75 Å². The van der Waals surface area contributed by atoms with Crippen molar-refractivity contribution in [3.8, 4) is 5.75 Å². The Morgan fingerprint density at radius 1 is 1.21 bits per heavy atom. The van der Waals surface area contributed by atoms with Gasteiger partial charge in [-0.2, -0.15) is 0 Å². The maximum absolute atomic E-state index is 12.1. The van der Waals surface area contributed by atoms with E-state index in [0.29, 0.717) is 18.9 Å². The standard InChI is InChI=1S/C13H22N2O3S/c1-13(2,3)15-19(16,17)12-7-5-11(6-8-12)18-10-4-9-14/h5-8,15H,4,9-10,14H2,1-3H3. The van der Waals surface area contributed by atoms with Crippen molar-refractivity contribution in [1.82, 2.24) is 4.72 Å². The second-order valence-electron chi connectivity index (χ2n) is 5.32. The summed E-state index contributed by atoms with van der Waals surface area (Å²) in [4.78, 5) is 0.230. The molecule has 6 heteroatoms. The summed E-state index contributed by atoms with van der Waals surface area (Å²) in [6.07, 6.45) is 0.769. The second kappa shape index (κ2) is 6.36. The molecule has 0 unspecified atom stereocenters. The molecule has 0 fully saturated rings. The molecular weight excluding hydrogens is 264 g/mol. The minimum atomic E-state index is -3.49. The third-order valence-corrected chi connectivity index (χ3v) is 3.97. The normalized spacial score (nSPS) is 12.4. The van der Waals surface area contributed by atoms with Crippen LogP contribution in [0, 0.1) is 0 Å². The molecule has 1 aromatic rings. The van der Waals surface area contributed by atoms with E-state index in [4.69, 9.17) is 10.5 Å². The molecule has 0 heterocycles. The Labute approximate surface area is 115 Å². The third-order valence-electron chi connectivity index (χ3n) is 2.19. The van der Waals surface area contributed by atoms with Crippen molar-refractivity contribution in [2.75, 3.05) is 13.2 Å². The Kier molecular flexibility index (Phi) is 5.34. The predicted octanol–water partition coefficient (Wildman–Crippen LogP) is 1.49. The molecule has 0 aromatic heterocycles. The van der Waals surface area contributed by atoms with Crippen molar-refractivity contribution < 1.29 is 13.2 Å². The largest absolute Gasteiger partial charge is 0.494 e. The van der Waals surface area contributed by atoms with E-state index in [1.165, 1.54) is 12.1 Å². The van der Waals surface area contributed by atoms with E-state index in [0.717, 1.165) is 6.42 Å². The van der Waals surface area contributed by atoms with Gasteiger partial charge in [0, 0.05) is 5.54 Å². The van der Waals surface area contributed by atoms with Gasteiger partial charge in [-0.1, -0.05) is 0 Å². The van der Waals surface area contributed by atoms with Crippen LogP contribution < -0.4 is 15.2 Å². The molecule has 0 saturated heterocycles. The lowest BCUT2D eigenvalue weighted by Crippen LogP contribution is -2.40. The van der Waals surface area contributed by atoms with E-state index in [1.54, 1.807) is 32.9 Å². The van der Waals surface area contributed by atoms with Crippen LogP contribution in [0.2, 0.25) is 0 Å². The molecule has 1 rings (SSSR count). The van der Waals surface area contributed by atoms with Gasteiger partial charge in [0.05, 0.1) is 11.5 Å². The Hall–Kier alpha value is -1.11. The lowest BCUT2D eigenvalue weighted by Gasteiger charge is -2.20. The summed E-state index contributed by atoms with van der Waals surface area (Å²) < 4.78 is 32.1. The van der Waals surface area contributed by atoms with E-state index < -0.39 is 15.6 Å². The molecule has 0 aliphatic heterocycles. The third kappa shape index (κ3) is 5.59. The van der Waals surface area contributed by atoms with Gasteiger partial charge in [-0.05, 0) is 58.0 Å². The van der Waals surface area contributed by atoms with Gasteiger partial charge in [-0.3, -0.25) is 0 Å². The lowest BCUT2D eigenvalue weighted by molar-refractivity contribution is 0.313. The summed E-state index contributed by atoms with van der Waals surface area (Å²) in [6.45, 7) is 6.50. The number of ether oxygens (including phenoxy) is 1. The fraction of sp³-hybridized carbons (Fsp3) is 0.538. The highest BCUT2D eigenvalue weighted by Crippen LogP contribution is 2.17. The summed E-state index contributed by atoms with van der Waals surface area (Å²) >= 11 is 0. The smallest absolute Gasteiger partial charge is 0.241 e. The van der Waals surface area contributed by atoms with E-state index in [1.807, 2.05) is 0 Å². The minimum Gasteiger partial charge on any atom is -0.494 e. The van der Waals surface area contributed by atoms with Crippen LogP contribution in [0.4, 0.5) is 0 Å². The molecule has 5 nitrogen and oxygen atoms in total. The highest BCUT2D eigenvalue weighted by molar-refractivity contribution is 7.89. The van der Waals surface area contributed by atoms with E-state index in [9.17, 15) is 8.42 Å². The fourth-order valence-corrected chi connectivity index (χ4v) is 2.87. The van der Waals surface area contributed by atoms with Gasteiger partial charge in [-0.15, -0.1) is 0 Å². The maximum atomic E-state index is 12.1. The number of nitrogens with one attached hydrogen (secondary N) is 1. The van der Waals surface area contributed by atoms with Crippen molar-refractivity contribution >= 4 is 10.0 Å². The quantitative estimate of drug-likeness (QED) is 0.776. The van der Waals surface area contributed by atoms with Gasteiger partial charge in [0.2, 0.25) is 10.0 Å².